The average Bonchev–Trinajstić information content (AvgIpc) is 3.56. The van der Waals surface area contributed by atoms with Crippen molar-refractivity contribution < 1.29 is 33.0 Å². The molecule has 1 aliphatic heterocycles. The van der Waals surface area contributed by atoms with Crippen molar-refractivity contribution in [3.63, 3.8) is 0 Å². The molecule has 2 aromatic carbocycles. The number of benzene rings is 2. The van der Waals surface area contributed by atoms with Gasteiger partial charge in [0.2, 0.25) is 5.91 Å². The minimum atomic E-state index is -3.73. The van der Waals surface area contributed by atoms with Crippen molar-refractivity contribution in [2.24, 2.45) is 0 Å². The molecule has 2 heterocycles. The SMILES string of the molecule is Cc1ccc(NC(=O)C2(c3ccc4c(c3)OC(F)(F)O4)CC2)nc1-c1cccc(C(=O)O)c1C(C)(C)C. The number of carboxylic acids is 1. The Labute approximate surface area is 212 Å². The largest absolute Gasteiger partial charge is 0.586 e. The number of fused-ring (bicyclic) bond motifs is 1. The van der Waals surface area contributed by atoms with E-state index in [1.165, 1.54) is 12.1 Å². The zero-order chi connectivity index (χ0) is 26.8. The molecule has 2 aliphatic rings. The number of carbonyl (C=O) groups excluding carboxylic acids is 1. The van der Waals surface area contributed by atoms with Crippen molar-refractivity contribution in [1.29, 1.82) is 0 Å². The first-order valence-electron chi connectivity index (χ1n) is 11.9. The Bertz CT molecular complexity index is 1440. The fraction of sp³-hybridized carbons (Fsp3) is 0.321. The minimum absolute atomic E-state index is 0.0759. The normalized spacial score (nSPS) is 16.8. The van der Waals surface area contributed by atoms with Gasteiger partial charge in [-0.1, -0.05) is 45.0 Å². The Hall–Kier alpha value is -4.01. The number of aromatic carboxylic acids is 1. The molecule has 0 saturated heterocycles. The summed E-state index contributed by atoms with van der Waals surface area (Å²) in [6, 6.07) is 13.0. The van der Waals surface area contributed by atoms with Gasteiger partial charge in [-0.2, -0.15) is 0 Å². The van der Waals surface area contributed by atoms with Gasteiger partial charge in [0.1, 0.15) is 5.82 Å². The number of alkyl halides is 2. The van der Waals surface area contributed by atoms with Crippen molar-refractivity contribution in [1.82, 2.24) is 4.98 Å². The maximum absolute atomic E-state index is 13.4. The van der Waals surface area contributed by atoms with Gasteiger partial charge in [-0.25, -0.2) is 9.78 Å². The summed E-state index contributed by atoms with van der Waals surface area (Å²) < 4.78 is 35.9. The number of carboxylic acid groups (broad SMARTS) is 1. The standard InChI is InChI=1S/C28H26F2N2O5/c1-15-8-11-21(31-23(15)17-6-5-7-18(24(33)34)22(17)26(2,3)4)32-25(35)27(12-13-27)16-9-10-19-20(14-16)37-28(29,30)36-19/h5-11,14H,12-13H2,1-4H3,(H,33,34)(H,31,32,35). The number of hydrogen-bond acceptors (Lipinski definition) is 5. The Kier molecular flexibility index (Phi) is 5.51. The first-order valence-corrected chi connectivity index (χ1v) is 11.9. The Morgan fingerprint density at radius 1 is 1.03 bits per heavy atom. The molecule has 0 atom stereocenters. The van der Waals surface area contributed by atoms with E-state index in [9.17, 15) is 23.5 Å². The Morgan fingerprint density at radius 3 is 2.38 bits per heavy atom. The van der Waals surface area contributed by atoms with Crippen LogP contribution in [0.15, 0.2) is 48.5 Å². The van der Waals surface area contributed by atoms with Crippen LogP contribution in [0.4, 0.5) is 14.6 Å². The summed E-state index contributed by atoms with van der Waals surface area (Å²) >= 11 is 0. The number of nitrogens with zero attached hydrogens (tertiary/aromatic N) is 1. The molecule has 3 aromatic rings. The number of ether oxygens (including phenoxy) is 2. The second-order valence-electron chi connectivity index (χ2n) is 10.5. The molecular formula is C28H26F2N2O5. The monoisotopic (exact) mass is 508 g/mol. The Balaban J connectivity index is 1.47. The molecule has 0 radical (unpaired) electrons. The highest BCUT2D eigenvalue weighted by Crippen LogP contribution is 2.52. The summed E-state index contributed by atoms with van der Waals surface area (Å²) in [4.78, 5) is 30.1. The van der Waals surface area contributed by atoms with Gasteiger partial charge >= 0.3 is 12.3 Å². The van der Waals surface area contributed by atoms with Gasteiger partial charge in [0, 0.05) is 5.56 Å². The lowest BCUT2D eigenvalue weighted by atomic mass is 9.79. The fourth-order valence-corrected chi connectivity index (χ4v) is 4.86. The van der Waals surface area contributed by atoms with Gasteiger partial charge in [0.25, 0.3) is 0 Å². The molecule has 37 heavy (non-hydrogen) atoms. The van der Waals surface area contributed by atoms with E-state index in [0.29, 0.717) is 41.0 Å². The van der Waals surface area contributed by atoms with Crippen LogP contribution in [0.3, 0.4) is 0 Å². The van der Waals surface area contributed by atoms with Crippen LogP contribution in [0.5, 0.6) is 11.5 Å². The molecule has 1 amide bonds. The highest BCUT2D eigenvalue weighted by Gasteiger charge is 2.53. The number of halogens is 2. The molecule has 0 spiro atoms. The second-order valence-corrected chi connectivity index (χ2v) is 10.5. The molecule has 9 heteroatoms. The van der Waals surface area contributed by atoms with Crippen LogP contribution in [0.2, 0.25) is 0 Å². The van der Waals surface area contributed by atoms with Crippen molar-refractivity contribution in [2.45, 2.75) is 57.7 Å². The van der Waals surface area contributed by atoms with Gasteiger partial charge in [-0.3, -0.25) is 4.79 Å². The van der Waals surface area contributed by atoms with Gasteiger partial charge in [0.15, 0.2) is 11.5 Å². The van der Waals surface area contributed by atoms with Crippen molar-refractivity contribution in [3.8, 4) is 22.8 Å². The molecule has 1 aromatic heterocycles. The van der Waals surface area contributed by atoms with Gasteiger partial charge in [-0.05, 0) is 66.1 Å². The molecule has 7 nitrogen and oxygen atoms in total. The molecule has 0 bridgehead atoms. The average molecular weight is 509 g/mol. The summed E-state index contributed by atoms with van der Waals surface area (Å²) in [5.74, 6) is -1.20. The zero-order valence-corrected chi connectivity index (χ0v) is 20.8. The summed E-state index contributed by atoms with van der Waals surface area (Å²) in [7, 11) is 0. The molecule has 1 saturated carbocycles. The smallest absolute Gasteiger partial charge is 0.478 e. The number of hydrogen-bond donors (Lipinski definition) is 2. The van der Waals surface area contributed by atoms with Crippen molar-refractivity contribution >= 4 is 17.7 Å². The molecular weight excluding hydrogens is 482 g/mol. The maximum atomic E-state index is 13.4. The predicted octanol–water partition coefficient (Wildman–Crippen LogP) is 6.04. The minimum Gasteiger partial charge on any atom is -0.478 e. The highest BCUT2D eigenvalue weighted by atomic mass is 19.3. The number of anilines is 1. The van der Waals surface area contributed by atoms with E-state index in [2.05, 4.69) is 14.8 Å². The molecule has 2 N–H and O–H groups in total. The van der Waals surface area contributed by atoms with Crippen molar-refractivity contribution in [2.75, 3.05) is 5.32 Å². The van der Waals surface area contributed by atoms with Crippen molar-refractivity contribution in [3.05, 3.63) is 70.8 Å². The lowest BCUT2D eigenvalue weighted by Gasteiger charge is -2.25. The quantitative estimate of drug-likeness (QED) is 0.436. The summed E-state index contributed by atoms with van der Waals surface area (Å²) in [5.41, 5.74) is 2.11. The number of nitrogens with one attached hydrogen (secondary N) is 1. The number of carbonyl (C=O) groups is 2. The molecule has 1 fully saturated rings. The first-order chi connectivity index (χ1) is 17.3. The maximum Gasteiger partial charge on any atom is 0.586 e. The van der Waals surface area contributed by atoms with Gasteiger partial charge in [-0.15, -0.1) is 8.78 Å². The first kappa shape index (κ1) is 24.7. The highest BCUT2D eigenvalue weighted by molar-refractivity contribution is 6.01. The van der Waals surface area contributed by atoms with E-state index in [4.69, 9.17) is 4.98 Å². The number of pyridine rings is 1. The van der Waals surface area contributed by atoms with Gasteiger partial charge in [0.05, 0.1) is 16.7 Å². The fourth-order valence-electron chi connectivity index (χ4n) is 4.86. The van der Waals surface area contributed by atoms with Crippen LogP contribution >= 0.6 is 0 Å². The van der Waals surface area contributed by atoms with Crippen LogP contribution in [0, 0.1) is 6.92 Å². The second kappa shape index (κ2) is 8.26. The summed E-state index contributed by atoms with van der Waals surface area (Å²) in [6.07, 6.45) is -2.64. The summed E-state index contributed by atoms with van der Waals surface area (Å²) in [5, 5.41) is 12.7. The third-order valence-electron chi connectivity index (χ3n) is 6.78. The van der Waals surface area contributed by atoms with Crippen LogP contribution in [0.1, 0.15) is 60.7 Å². The van der Waals surface area contributed by atoms with Gasteiger partial charge < -0.3 is 19.9 Å². The third kappa shape index (κ3) is 4.39. The lowest BCUT2D eigenvalue weighted by molar-refractivity contribution is -0.286. The van der Waals surface area contributed by atoms with Crippen LogP contribution < -0.4 is 14.8 Å². The third-order valence-corrected chi connectivity index (χ3v) is 6.78. The number of aryl methyl sites for hydroxylation is 1. The molecule has 5 rings (SSSR count). The number of rotatable bonds is 5. The van der Waals surface area contributed by atoms with Crippen LogP contribution in [-0.4, -0.2) is 28.3 Å². The topological polar surface area (TPSA) is 97.8 Å². The predicted molar refractivity (Wildman–Crippen MR) is 132 cm³/mol. The van der Waals surface area contributed by atoms with Crippen LogP contribution in [0.25, 0.3) is 11.3 Å². The van der Waals surface area contributed by atoms with Crippen LogP contribution in [-0.2, 0) is 15.6 Å². The van der Waals surface area contributed by atoms with E-state index in [1.54, 1.807) is 24.3 Å². The lowest BCUT2D eigenvalue weighted by Crippen LogP contribution is -2.28. The molecule has 192 valence electrons. The molecule has 0 unspecified atom stereocenters. The van der Waals surface area contributed by atoms with E-state index in [1.807, 2.05) is 39.8 Å². The summed E-state index contributed by atoms with van der Waals surface area (Å²) in [6.45, 7) is 7.70. The van der Waals surface area contributed by atoms with E-state index in [0.717, 1.165) is 5.56 Å². The molecule has 1 aliphatic carbocycles. The number of amides is 1. The zero-order valence-electron chi connectivity index (χ0n) is 20.8. The number of aromatic nitrogens is 1. The Morgan fingerprint density at radius 2 is 1.73 bits per heavy atom. The van der Waals surface area contributed by atoms with E-state index in [-0.39, 0.29) is 23.0 Å². The van der Waals surface area contributed by atoms with E-state index >= 15 is 0 Å². The van der Waals surface area contributed by atoms with E-state index < -0.39 is 23.1 Å².